The molecule has 1 heterocycles. The smallest absolute Gasteiger partial charge is 0.311 e. The van der Waals surface area contributed by atoms with E-state index < -0.39 is 11.9 Å². The maximum atomic E-state index is 12.5. The number of carbonyl (C=O) groups excluding carboxylic acids is 3. The molecule has 0 aliphatic carbocycles. The zero-order valence-corrected chi connectivity index (χ0v) is 16.8. The van der Waals surface area contributed by atoms with Crippen LogP contribution in [0.2, 0.25) is 5.02 Å². The van der Waals surface area contributed by atoms with E-state index in [0.717, 1.165) is 0 Å². The molecule has 1 amide bonds. The molecule has 0 bridgehead atoms. The lowest BCUT2D eigenvalue weighted by molar-refractivity contribution is -0.147. The molecule has 8 heteroatoms. The van der Waals surface area contributed by atoms with Crippen LogP contribution >= 0.6 is 11.6 Å². The van der Waals surface area contributed by atoms with E-state index in [1.54, 1.807) is 42.5 Å². The van der Waals surface area contributed by atoms with Gasteiger partial charge in [-0.05, 0) is 6.07 Å². The lowest BCUT2D eigenvalue weighted by Gasteiger charge is -2.20. The van der Waals surface area contributed by atoms with E-state index in [4.69, 9.17) is 25.8 Å². The zero-order chi connectivity index (χ0) is 21.0. The van der Waals surface area contributed by atoms with Gasteiger partial charge in [0.2, 0.25) is 5.91 Å². The van der Waals surface area contributed by atoms with Crippen molar-refractivity contribution in [1.82, 2.24) is 0 Å². The van der Waals surface area contributed by atoms with Crippen molar-refractivity contribution in [2.45, 2.75) is 6.42 Å². The maximum Gasteiger partial charge on any atom is 0.311 e. The molecule has 0 saturated carbocycles. The molecule has 2 aromatic rings. The van der Waals surface area contributed by atoms with Crippen molar-refractivity contribution in [1.29, 1.82) is 0 Å². The molecule has 0 unspecified atom stereocenters. The second kappa shape index (κ2) is 8.96. The largest absolute Gasteiger partial charge is 0.495 e. The van der Waals surface area contributed by atoms with E-state index in [2.05, 4.69) is 0 Å². The summed E-state index contributed by atoms with van der Waals surface area (Å²) < 4.78 is 15.6. The Hall–Kier alpha value is -3.06. The molecule has 1 saturated heterocycles. The SMILES string of the molecule is COc1cc(OC)c(N2C[C@@H](C(=O)OCC(=O)c3ccccc3)CC2=O)cc1Cl. The summed E-state index contributed by atoms with van der Waals surface area (Å²) in [7, 11) is 2.94. The highest BCUT2D eigenvalue weighted by Crippen LogP contribution is 2.40. The molecule has 1 atom stereocenters. The maximum absolute atomic E-state index is 12.5. The second-order valence-electron chi connectivity index (χ2n) is 6.46. The average Bonchev–Trinajstić information content (AvgIpc) is 3.13. The van der Waals surface area contributed by atoms with Gasteiger partial charge in [-0.2, -0.15) is 0 Å². The third-order valence-corrected chi connectivity index (χ3v) is 4.94. The average molecular weight is 418 g/mol. The molecular formula is C21H20ClNO6. The van der Waals surface area contributed by atoms with E-state index >= 15 is 0 Å². The van der Waals surface area contributed by atoms with Crippen molar-refractivity contribution in [2.75, 3.05) is 32.3 Å². The van der Waals surface area contributed by atoms with Crippen LogP contribution < -0.4 is 14.4 Å². The minimum absolute atomic E-state index is 0.0227. The van der Waals surface area contributed by atoms with Crippen LogP contribution in [0.3, 0.4) is 0 Å². The van der Waals surface area contributed by atoms with Crippen LogP contribution in [0.15, 0.2) is 42.5 Å². The van der Waals surface area contributed by atoms with Gasteiger partial charge in [0, 0.05) is 24.6 Å². The molecule has 7 nitrogen and oxygen atoms in total. The summed E-state index contributed by atoms with van der Waals surface area (Å²) in [5.41, 5.74) is 0.904. The number of esters is 1. The summed E-state index contributed by atoms with van der Waals surface area (Å²) >= 11 is 6.18. The van der Waals surface area contributed by atoms with Crippen molar-refractivity contribution < 1.29 is 28.6 Å². The predicted octanol–water partition coefficient (Wildman–Crippen LogP) is 3.14. The van der Waals surface area contributed by atoms with Crippen molar-refractivity contribution in [2.24, 2.45) is 5.92 Å². The van der Waals surface area contributed by atoms with Crippen LogP contribution in [0, 0.1) is 5.92 Å². The Balaban J connectivity index is 1.68. The standard InChI is InChI=1S/C21H20ClNO6/c1-27-18-10-19(28-2)16(9-15(18)22)23-11-14(8-20(23)25)21(26)29-12-17(24)13-6-4-3-5-7-13/h3-7,9-10,14H,8,11-12H2,1-2H3/t14-/m0/s1. The number of nitrogens with zero attached hydrogens (tertiary/aromatic N) is 1. The number of Topliss-reactive ketones (excluding diaryl/α,β-unsaturated/α-hetero) is 1. The molecule has 29 heavy (non-hydrogen) atoms. The summed E-state index contributed by atoms with van der Waals surface area (Å²) in [5.74, 6) is -1.04. The number of hydrogen-bond donors (Lipinski definition) is 0. The summed E-state index contributed by atoms with van der Waals surface area (Å²) in [6.07, 6.45) is -0.0227. The minimum atomic E-state index is -0.684. The number of rotatable bonds is 7. The van der Waals surface area contributed by atoms with Crippen LogP contribution in [0.4, 0.5) is 5.69 Å². The zero-order valence-electron chi connectivity index (χ0n) is 16.0. The molecule has 1 aliphatic rings. The predicted molar refractivity (Wildman–Crippen MR) is 107 cm³/mol. The fraction of sp³-hybridized carbons (Fsp3) is 0.286. The van der Waals surface area contributed by atoms with Gasteiger partial charge in [-0.15, -0.1) is 0 Å². The van der Waals surface area contributed by atoms with Gasteiger partial charge in [0.05, 0.1) is 30.8 Å². The number of hydrogen-bond acceptors (Lipinski definition) is 6. The summed E-state index contributed by atoms with van der Waals surface area (Å²) in [6.45, 7) is -0.262. The topological polar surface area (TPSA) is 82.1 Å². The number of anilines is 1. The number of amides is 1. The summed E-state index contributed by atoms with van der Waals surface area (Å²) in [5, 5.41) is 0.315. The fourth-order valence-electron chi connectivity index (χ4n) is 3.12. The van der Waals surface area contributed by atoms with Crippen molar-refractivity contribution in [3.05, 3.63) is 53.1 Å². The molecule has 0 N–H and O–H groups in total. The molecule has 2 aromatic carbocycles. The van der Waals surface area contributed by atoms with Crippen LogP contribution in [0.5, 0.6) is 11.5 Å². The number of ether oxygens (including phenoxy) is 3. The van der Waals surface area contributed by atoms with Gasteiger partial charge in [-0.1, -0.05) is 41.9 Å². The first kappa shape index (κ1) is 20.7. The fourth-order valence-corrected chi connectivity index (χ4v) is 3.35. The van der Waals surface area contributed by atoms with E-state index in [-0.39, 0.29) is 31.3 Å². The van der Waals surface area contributed by atoms with Crippen molar-refractivity contribution >= 4 is 34.9 Å². The molecule has 1 aliphatic heterocycles. The van der Waals surface area contributed by atoms with Crippen molar-refractivity contribution in [3.63, 3.8) is 0 Å². The van der Waals surface area contributed by atoms with Crippen LogP contribution in [-0.4, -0.2) is 45.0 Å². The van der Waals surface area contributed by atoms with E-state index in [0.29, 0.717) is 27.8 Å². The molecule has 0 aromatic heterocycles. The third kappa shape index (κ3) is 4.51. The number of methoxy groups -OCH3 is 2. The Kier molecular flexibility index (Phi) is 6.39. The normalized spacial score (nSPS) is 15.9. The van der Waals surface area contributed by atoms with Gasteiger partial charge in [-0.25, -0.2) is 0 Å². The first-order valence-electron chi connectivity index (χ1n) is 8.91. The van der Waals surface area contributed by atoms with Gasteiger partial charge >= 0.3 is 5.97 Å². The Morgan fingerprint density at radius 1 is 1.10 bits per heavy atom. The highest BCUT2D eigenvalue weighted by molar-refractivity contribution is 6.32. The monoisotopic (exact) mass is 417 g/mol. The Morgan fingerprint density at radius 3 is 2.45 bits per heavy atom. The number of benzene rings is 2. The Morgan fingerprint density at radius 2 is 1.79 bits per heavy atom. The molecule has 3 rings (SSSR count). The van der Waals surface area contributed by atoms with E-state index in [1.807, 2.05) is 0 Å². The first-order valence-corrected chi connectivity index (χ1v) is 9.29. The van der Waals surface area contributed by atoms with Crippen molar-refractivity contribution in [3.8, 4) is 11.5 Å². The van der Waals surface area contributed by atoms with Crippen LogP contribution in [0.25, 0.3) is 0 Å². The lowest BCUT2D eigenvalue weighted by atomic mass is 10.1. The van der Waals surface area contributed by atoms with Gasteiger partial charge in [0.15, 0.2) is 12.4 Å². The quantitative estimate of drug-likeness (QED) is 0.508. The summed E-state index contributed by atoms with van der Waals surface area (Å²) in [6, 6.07) is 11.7. The van der Waals surface area contributed by atoms with Crippen LogP contribution in [0.1, 0.15) is 16.8 Å². The molecule has 0 spiro atoms. The van der Waals surface area contributed by atoms with E-state index in [1.165, 1.54) is 19.1 Å². The molecular weight excluding hydrogens is 398 g/mol. The second-order valence-corrected chi connectivity index (χ2v) is 6.87. The third-order valence-electron chi connectivity index (χ3n) is 4.64. The summed E-state index contributed by atoms with van der Waals surface area (Å²) in [4.78, 5) is 38.4. The highest BCUT2D eigenvalue weighted by atomic mass is 35.5. The Bertz CT molecular complexity index is 930. The molecule has 152 valence electrons. The minimum Gasteiger partial charge on any atom is -0.495 e. The number of carbonyl (C=O) groups is 3. The highest BCUT2D eigenvalue weighted by Gasteiger charge is 2.37. The van der Waals surface area contributed by atoms with Gasteiger partial charge in [-0.3, -0.25) is 14.4 Å². The van der Waals surface area contributed by atoms with Crippen LogP contribution in [-0.2, 0) is 14.3 Å². The van der Waals surface area contributed by atoms with E-state index in [9.17, 15) is 14.4 Å². The number of halogens is 1. The Labute approximate surface area is 173 Å². The first-order chi connectivity index (χ1) is 13.9. The lowest BCUT2D eigenvalue weighted by Crippen LogP contribution is -2.27. The molecule has 1 fully saturated rings. The molecule has 0 radical (unpaired) electrons. The van der Waals surface area contributed by atoms with Gasteiger partial charge < -0.3 is 19.1 Å². The van der Waals surface area contributed by atoms with Gasteiger partial charge in [0.25, 0.3) is 0 Å². The number of ketones is 1. The van der Waals surface area contributed by atoms with Gasteiger partial charge in [0.1, 0.15) is 11.5 Å².